The standard InChI is InChI=1S/C33H37N7O2S/c1-4-24(2)16-18-37-40(33(43)38-27-12-14-29(42-3)15-13-27)32(41)30(19-28-7-5-6-17-36-28)31-21-35-23-39(31)22-26-10-8-25(20-34)9-11-26/h5-15,17,21,23-24,30,37H,4,16,18-19,22H2,1-3H3,(H,38,43)/t24-,30?/m0/s1. The third-order valence-corrected chi connectivity index (χ3v) is 7.63. The molecule has 43 heavy (non-hydrogen) atoms. The van der Waals surface area contributed by atoms with Gasteiger partial charge in [0, 0.05) is 43.3 Å². The molecule has 0 aliphatic rings. The molecule has 9 nitrogen and oxygen atoms in total. The van der Waals surface area contributed by atoms with Crippen molar-refractivity contribution in [1.82, 2.24) is 25.0 Å². The highest BCUT2D eigenvalue weighted by atomic mass is 32.1. The summed E-state index contributed by atoms with van der Waals surface area (Å²) in [6.45, 7) is 5.41. The van der Waals surface area contributed by atoms with Crippen LogP contribution in [-0.2, 0) is 17.8 Å². The maximum absolute atomic E-state index is 14.5. The number of carbonyl (C=O) groups excluding carboxylic acids is 1. The molecular formula is C33H37N7O2S. The first-order valence-electron chi connectivity index (χ1n) is 14.3. The molecule has 0 aliphatic carbocycles. The van der Waals surface area contributed by atoms with Crippen molar-refractivity contribution in [3.63, 3.8) is 0 Å². The Labute approximate surface area is 258 Å². The van der Waals surface area contributed by atoms with Crippen molar-refractivity contribution in [3.8, 4) is 11.8 Å². The molecule has 0 saturated heterocycles. The second kappa shape index (κ2) is 15.6. The van der Waals surface area contributed by atoms with Crippen LogP contribution in [0.4, 0.5) is 5.69 Å². The van der Waals surface area contributed by atoms with E-state index < -0.39 is 5.92 Å². The molecule has 0 bridgehead atoms. The summed E-state index contributed by atoms with van der Waals surface area (Å²) in [6.07, 6.45) is 7.46. The van der Waals surface area contributed by atoms with E-state index >= 15 is 0 Å². The number of carbonyl (C=O) groups is 1. The lowest BCUT2D eigenvalue weighted by Gasteiger charge is -2.29. The number of ether oxygens (including phenoxy) is 1. The van der Waals surface area contributed by atoms with Gasteiger partial charge < -0.3 is 14.6 Å². The Kier molecular flexibility index (Phi) is 11.4. The lowest BCUT2D eigenvalue weighted by Crippen LogP contribution is -2.51. The Hall–Kier alpha value is -4.59. The molecule has 4 aromatic rings. The summed E-state index contributed by atoms with van der Waals surface area (Å²) in [5.41, 5.74) is 7.14. The van der Waals surface area contributed by atoms with Gasteiger partial charge >= 0.3 is 0 Å². The van der Waals surface area contributed by atoms with Gasteiger partial charge in [0.2, 0.25) is 0 Å². The summed E-state index contributed by atoms with van der Waals surface area (Å²) in [7, 11) is 1.61. The number of aromatic nitrogens is 3. The van der Waals surface area contributed by atoms with Crippen LogP contribution in [0, 0.1) is 17.2 Å². The number of imidazole rings is 1. The number of nitrogens with one attached hydrogen (secondary N) is 2. The zero-order valence-electron chi connectivity index (χ0n) is 24.7. The highest BCUT2D eigenvalue weighted by Gasteiger charge is 2.32. The molecule has 2 heterocycles. The molecule has 2 N–H and O–H groups in total. The van der Waals surface area contributed by atoms with Crippen LogP contribution in [0.5, 0.6) is 5.75 Å². The van der Waals surface area contributed by atoms with Gasteiger partial charge in [-0.3, -0.25) is 9.78 Å². The molecule has 2 aromatic heterocycles. The lowest BCUT2D eigenvalue weighted by molar-refractivity contribution is -0.131. The van der Waals surface area contributed by atoms with Crippen LogP contribution in [0.3, 0.4) is 0 Å². The van der Waals surface area contributed by atoms with E-state index in [2.05, 4.69) is 40.6 Å². The smallest absolute Gasteiger partial charge is 0.252 e. The van der Waals surface area contributed by atoms with Gasteiger partial charge in [0.25, 0.3) is 5.91 Å². The van der Waals surface area contributed by atoms with Crippen molar-refractivity contribution < 1.29 is 9.53 Å². The summed E-state index contributed by atoms with van der Waals surface area (Å²) in [4.78, 5) is 23.5. The zero-order valence-corrected chi connectivity index (χ0v) is 25.6. The van der Waals surface area contributed by atoms with Crippen molar-refractivity contribution in [2.75, 3.05) is 19.0 Å². The fourth-order valence-corrected chi connectivity index (χ4v) is 4.84. The number of hydrogen-bond donors (Lipinski definition) is 2. The molecule has 2 atom stereocenters. The van der Waals surface area contributed by atoms with Crippen LogP contribution in [-0.4, -0.2) is 44.2 Å². The van der Waals surface area contributed by atoms with E-state index in [1.54, 1.807) is 38.0 Å². The lowest BCUT2D eigenvalue weighted by atomic mass is 9.97. The number of methoxy groups -OCH3 is 1. The number of anilines is 1. The van der Waals surface area contributed by atoms with E-state index in [9.17, 15) is 10.1 Å². The van der Waals surface area contributed by atoms with Crippen molar-refractivity contribution in [2.45, 2.75) is 45.6 Å². The number of thiocarbonyl (C=S) groups is 1. The minimum absolute atomic E-state index is 0.220. The summed E-state index contributed by atoms with van der Waals surface area (Å²) in [5.74, 6) is 0.359. The minimum atomic E-state index is -0.637. The van der Waals surface area contributed by atoms with Crippen LogP contribution in [0.1, 0.15) is 55.1 Å². The normalized spacial score (nSPS) is 12.1. The summed E-state index contributed by atoms with van der Waals surface area (Å²) < 4.78 is 7.24. The Morgan fingerprint density at radius 3 is 2.56 bits per heavy atom. The quantitative estimate of drug-likeness (QED) is 0.150. The average Bonchev–Trinajstić information content (AvgIpc) is 3.50. The Balaban J connectivity index is 1.66. The summed E-state index contributed by atoms with van der Waals surface area (Å²) in [6, 6.07) is 22.6. The maximum Gasteiger partial charge on any atom is 0.252 e. The molecule has 0 fully saturated rings. The van der Waals surface area contributed by atoms with Crippen molar-refractivity contribution in [2.24, 2.45) is 5.92 Å². The molecule has 1 amide bonds. The van der Waals surface area contributed by atoms with Gasteiger partial charge in [-0.15, -0.1) is 0 Å². The molecule has 0 saturated carbocycles. The molecule has 0 radical (unpaired) electrons. The van der Waals surface area contributed by atoms with Crippen LogP contribution >= 0.6 is 12.2 Å². The third-order valence-electron chi connectivity index (χ3n) is 7.34. The SMILES string of the molecule is CC[C@H](C)CCNN(C(=O)C(Cc1ccccn1)c1cncn1Cc1ccc(C#N)cc1)C(=S)Nc1ccc(OC)cc1. The number of amides is 1. The van der Waals surface area contributed by atoms with Gasteiger partial charge in [0.1, 0.15) is 5.75 Å². The minimum Gasteiger partial charge on any atom is -0.497 e. The van der Waals surface area contributed by atoms with Gasteiger partial charge in [0.15, 0.2) is 5.11 Å². The molecule has 10 heteroatoms. The van der Waals surface area contributed by atoms with E-state index in [1.165, 1.54) is 5.01 Å². The van der Waals surface area contributed by atoms with Crippen LogP contribution in [0.2, 0.25) is 0 Å². The van der Waals surface area contributed by atoms with Crippen LogP contribution in [0.25, 0.3) is 0 Å². The maximum atomic E-state index is 14.5. The topological polar surface area (TPSA) is 108 Å². The number of pyridine rings is 1. The number of nitriles is 1. The van der Waals surface area contributed by atoms with Gasteiger partial charge in [-0.2, -0.15) is 5.26 Å². The second-order valence-corrected chi connectivity index (χ2v) is 10.8. The van der Waals surface area contributed by atoms with Crippen molar-refractivity contribution >= 4 is 28.9 Å². The van der Waals surface area contributed by atoms with Crippen molar-refractivity contribution in [1.29, 1.82) is 5.26 Å². The van der Waals surface area contributed by atoms with Gasteiger partial charge in [-0.1, -0.05) is 38.5 Å². The van der Waals surface area contributed by atoms with E-state index in [1.807, 2.05) is 59.2 Å². The van der Waals surface area contributed by atoms with E-state index in [4.69, 9.17) is 17.0 Å². The summed E-state index contributed by atoms with van der Waals surface area (Å²) >= 11 is 5.81. The second-order valence-electron chi connectivity index (χ2n) is 10.4. The Morgan fingerprint density at radius 2 is 1.91 bits per heavy atom. The molecule has 0 spiro atoms. The summed E-state index contributed by atoms with van der Waals surface area (Å²) in [5, 5.41) is 14.1. The largest absolute Gasteiger partial charge is 0.497 e. The number of rotatable bonds is 13. The Morgan fingerprint density at radius 1 is 1.14 bits per heavy atom. The van der Waals surface area contributed by atoms with Crippen LogP contribution < -0.4 is 15.5 Å². The molecule has 1 unspecified atom stereocenters. The highest BCUT2D eigenvalue weighted by molar-refractivity contribution is 7.80. The van der Waals surface area contributed by atoms with E-state index in [0.717, 1.165) is 41.2 Å². The Bertz CT molecular complexity index is 1520. The number of hydrazine groups is 1. The fourth-order valence-electron chi connectivity index (χ4n) is 4.57. The first-order valence-corrected chi connectivity index (χ1v) is 14.7. The van der Waals surface area contributed by atoms with Gasteiger partial charge in [0.05, 0.1) is 36.7 Å². The van der Waals surface area contributed by atoms with Gasteiger partial charge in [-0.05, 0) is 78.7 Å². The van der Waals surface area contributed by atoms with Crippen LogP contribution in [0.15, 0.2) is 85.5 Å². The first-order chi connectivity index (χ1) is 20.9. The number of benzene rings is 2. The monoisotopic (exact) mass is 595 g/mol. The third kappa shape index (κ3) is 8.70. The molecule has 2 aromatic carbocycles. The van der Waals surface area contributed by atoms with E-state index in [0.29, 0.717) is 31.0 Å². The fraction of sp³-hybridized carbons (Fsp3) is 0.303. The first kappa shape index (κ1) is 31.3. The predicted molar refractivity (Wildman–Crippen MR) is 171 cm³/mol. The van der Waals surface area contributed by atoms with E-state index in [-0.39, 0.29) is 11.0 Å². The van der Waals surface area contributed by atoms with Gasteiger partial charge in [-0.25, -0.2) is 15.4 Å². The molecule has 4 rings (SSSR count). The highest BCUT2D eigenvalue weighted by Crippen LogP contribution is 2.25. The van der Waals surface area contributed by atoms with Crippen molar-refractivity contribution in [3.05, 3.63) is 108 Å². The number of hydrogen-bond acceptors (Lipinski definition) is 7. The average molecular weight is 596 g/mol. The predicted octanol–water partition coefficient (Wildman–Crippen LogP) is 5.70. The molecule has 222 valence electrons. The molecule has 0 aliphatic heterocycles. The molecular weight excluding hydrogens is 558 g/mol. The number of nitrogens with zero attached hydrogens (tertiary/aromatic N) is 5. The zero-order chi connectivity index (χ0) is 30.6.